The van der Waals surface area contributed by atoms with E-state index >= 15 is 0 Å². The molecule has 2 nitrogen and oxygen atoms in total. The number of benzene rings is 2. The summed E-state index contributed by atoms with van der Waals surface area (Å²) in [6.07, 6.45) is 3.44. The summed E-state index contributed by atoms with van der Waals surface area (Å²) >= 11 is 0. The predicted octanol–water partition coefficient (Wildman–Crippen LogP) is 2.68. The maximum absolute atomic E-state index is 4.23. The number of nitrogens with zero attached hydrogens (tertiary/aromatic N) is 2. The summed E-state index contributed by atoms with van der Waals surface area (Å²) in [4.78, 5) is 4.23. The van der Waals surface area contributed by atoms with Crippen LogP contribution in [-0.2, 0) is 0 Å². The standard InChI is InChI=1S/C13H9N2/c1-2-6-11-10(4-1)5-3-7-12(11)13-14-8-9-15-13/h1-9H. The van der Waals surface area contributed by atoms with Gasteiger partial charge in [0.1, 0.15) is 0 Å². The van der Waals surface area contributed by atoms with E-state index in [9.17, 15) is 0 Å². The Morgan fingerprint density at radius 3 is 2.53 bits per heavy atom. The zero-order chi connectivity index (χ0) is 10.1. The quantitative estimate of drug-likeness (QED) is 0.665. The van der Waals surface area contributed by atoms with Gasteiger partial charge in [0, 0.05) is 18.0 Å². The molecule has 0 aliphatic carbocycles. The van der Waals surface area contributed by atoms with E-state index in [0.717, 1.165) is 11.4 Å². The molecular formula is C13H9N2. The second-order valence-electron chi connectivity index (χ2n) is 3.41. The zero-order valence-corrected chi connectivity index (χ0v) is 8.09. The van der Waals surface area contributed by atoms with E-state index in [-0.39, 0.29) is 0 Å². The predicted molar refractivity (Wildman–Crippen MR) is 61.8 cm³/mol. The monoisotopic (exact) mass is 193 g/mol. The van der Waals surface area contributed by atoms with Gasteiger partial charge in [0.2, 0.25) is 0 Å². The van der Waals surface area contributed by atoms with Gasteiger partial charge in [-0.15, -0.1) is 0 Å². The Kier molecular flexibility index (Phi) is 1.78. The molecule has 15 heavy (non-hydrogen) atoms. The van der Waals surface area contributed by atoms with Crippen molar-refractivity contribution < 1.29 is 0 Å². The van der Waals surface area contributed by atoms with Crippen molar-refractivity contribution in [3.63, 3.8) is 0 Å². The van der Waals surface area contributed by atoms with Crippen LogP contribution in [0.25, 0.3) is 10.8 Å². The molecule has 0 saturated heterocycles. The van der Waals surface area contributed by atoms with Crippen molar-refractivity contribution in [1.82, 2.24) is 5.32 Å². The highest BCUT2D eigenvalue weighted by Crippen LogP contribution is 2.19. The minimum absolute atomic E-state index is 0.798. The zero-order valence-electron chi connectivity index (χ0n) is 8.09. The Hall–Kier alpha value is -2.09. The number of amidine groups is 1. The highest BCUT2D eigenvalue weighted by atomic mass is 15.0. The second-order valence-corrected chi connectivity index (χ2v) is 3.41. The van der Waals surface area contributed by atoms with Crippen LogP contribution in [0, 0.1) is 0 Å². The lowest BCUT2D eigenvalue weighted by Gasteiger charge is -2.04. The summed E-state index contributed by atoms with van der Waals surface area (Å²) in [5.41, 5.74) is 1.10. The lowest BCUT2D eigenvalue weighted by molar-refractivity contribution is 1.29. The number of fused-ring (bicyclic) bond motifs is 1. The molecule has 0 atom stereocenters. The first-order chi connectivity index (χ1) is 7.45. The fourth-order valence-electron chi connectivity index (χ4n) is 1.80. The molecule has 2 aromatic carbocycles. The maximum atomic E-state index is 4.23. The number of hydrogen-bond donors (Lipinski definition) is 0. The molecule has 0 fully saturated rings. The summed E-state index contributed by atoms with van der Waals surface area (Å²) in [7, 11) is 0. The summed E-state index contributed by atoms with van der Waals surface area (Å²) in [5.74, 6) is 0.798. The Bertz CT molecular complexity index is 562. The van der Waals surface area contributed by atoms with Crippen LogP contribution in [0.15, 0.2) is 59.9 Å². The molecule has 0 amide bonds. The summed E-state index contributed by atoms with van der Waals surface area (Å²) in [6, 6.07) is 14.5. The van der Waals surface area contributed by atoms with Gasteiger partial charge in [-0.3, -0.25) is 0 Å². The van der Waals surface area contributed by atoms with Gasteiger partial charge in [0.25, 0.3) is 0 Å². The molecule has 3 rings (SSSR count). The van der Waals surface area contributed by atoms with E-state index in [1.807, 2.05) is 18.2 Å². The van der Waals surface area contributed by atoms with Crippen molar-refractivity contribution in [3.8, 4) is 0 Å². The van der Waals surface area contributed by atoms with Crippen LogP contribution in [0.4, 0.5) is 0 Å². The molecule has 0 bridgehead atoms. The highest BCUT2D eigenvalue weighted by Gasteiger charge is 2.09. The number of rotatable bonds is 1. The third kappa shape index (κ3) is 1.31. The third-order valence-electron chi connectivity index (χ3n) is 2.49. The average molecular weight is 193 g/mol. The van der Waals surface area contributed by atoms with E-state index in [1.54, 1.807) is 12.4 Å². The SMILES string of the molecule is C1=CN=C(c2cccc3ccccc23)[N]1. The largest absolute Gasteiger partial charge is 0.235 e. The van der Waals surface area contributed by atoms with Gasteiger partial charge in [-0.1, -0.05) is 42.5 Å². The van der Waals surface area contributed by atoms with Crippen LogP contribution in [0.1, 0.15) is 5.56 Å². The van der Waals surface area contributed by atoms with Crippen molar-refractivity contribution in [2.45, 2.75) is 0 Å². The molecular weight excluding hydrogens is 184 g/mol. The van der Waals surface area contributed by atoms with Crippen molar-refractivity contribution >= 4 is 16.6 Å². The van der Waals surface area contributed by atoms with Crippen LogP contribution < -0.4 is 5.32 Å². The lowest BCUT2D eigenvalue weighted by Crippen LogP contribution is -2.08. The molecule has 2 heteroatoms. The van der Waals surface area contributed by atoms with Crippen LogP contribution in [0.2, 0.25) is 0 Å². The molecule has 1 aliphatic heterocycles. The summed E-state index contributed by atoms with van der Waals surface area (Å²) in [6.45, 7) is 0. The first kappa shape index (κ1) is 8.24. The number of aliphatic imine (C=N–C) groups is 1. The Balaban J connectivity index is 2.26. The molecule has 71 valence electrons. The minimum atomic E-state index is 0.798. The topological polar surface area (TPSA) is 26.5 Å². The van der Waals surface area contributed by atoms with E-state index in [4.69, 9.17) is 0 Å². The van der Waals surface area contributed by atoms with Gasteiger partial charge in [-0.25, -0.2) is 10.3 Å². The van der Waals surface area contributed by atoms with E-state index in [2.05, 4.69) is 34.6 Å². The van der Waals surface area contributed by atoms with Gasteiger partial charge in [0.05, 0.1) is 0 Å². The molecule has 0 unspecified atom stereocenters. The van der Waals surface area contributed by atoms with Crippen molar-refractivity contribution in [1.29, 1.82) is 0 Å². The van der Waals surface area contributed by atoms with E-state index in [0.29, 0.717) is 0 Å². The highest BCUT2D eigenvalue weighted by molar-refractivity contribution is 6.10. The minimum Gasteiger partial charge on any atom is -0.235 e. The van der Waals surface area contributed by atoms with Gasteiger partial charge in [-0.2, -0.15) is 0 Å². The third-order valence-corrected chi connectivity index (χ3v) is 2.49. The van der Waals surface area contributed by atoms with Crippen LogP contribution in [0.5, 0.6) is 0 Å². The Morgan fingerprint density at radius 2 is 1.67 bits per heavy atom. The van der Waals surface area contributed by atoms with Gasteiger partial charge >= 0.3 is 0 Å². The smallest absolute Gasteiger partial charge is 0.159 e. The van der Waals surface area contributed by atoms with E-state index in [1.165, 1.54) is 10.8 Å². The van der Waals surface area contributed by atoms with E-state index < -0.39 is 0 Å². The molecule has 1 heterocycles. The summed E-state index contributed by atoms with van der Waals surface area (Å²) < 4.78 is 0. The second kappa shape index (κ2) is 3.24. The molecule has 2 aromatic rings. The molecule has 0 N–H and O–H groups in total. The fourth-order valence-corrected chi connectivity index (χ4v) is 1.80. The van der Waals surface area contributed by atoms with Crippen molar-refractivity contribution in [2.75, 3.05) is 0 Å². The van der Waals surface area contributed by atoms with Gasteiger partial charge in [0.15, 0.2) is 5.84 Å². The Morgan fingerprint density at radius 1 is 0.800 bits per heavy atom. The Labute approximate surface area is 88.0 Å². The fraction of sp³-hybridized carbons (Fsp3) is 0. The number of hydrogen-bond acceptors (Lipinski definition) is 1. The van der Waals surface area contributed by atoms with Gasteiger partial charge < -0.3 is 0 Å². The first-order valence-electron chi connectivity index (χ1n) is 4.87. The lowest BCUT2D eigenvalue weighted by atomic mass is 10.0. The van der Waals surface area contributed by atoms with Crippen molar-refractivity contribution in [3.05, 3.63) is 60.4 Å². The van der Waals surface area contributed by atoms with Crippen LogP contribution in [-0.4, -0.2) is 5.84 Å². The molecule has 0 spiro atoms. The molecule has 0 saturated carbocycles. The molecule has 1 radical (unpaired) electrons. The summed E-state index contributed by atoms with van der Waals surface area (Å²) in [5, 5.41) is 6.65. The average Bonchev–Trinajstić information content (AvgIpc) is 2.82. The first-order valence-corrected chi connectivity index (χ1v) is 4.87. The van der Waals surface area contributed by atoms with Crippen LogP contribution >= 0.6 is 0 Å². The molecule has 1 aliphatic rings. The molecule has 0 aromatic heterocycles. The van der Waals surface area contributed by atoms with Crippen LogP contribution in [0.3, 0.4) is 0 Å². The normalized spacial score (nSPS) is 14.0. The maximum Gasteiger partial charge on any atom is 0.159 e. The van der Waals surface area contributed by atoms with Crippen molar-refractivity contribution in [2.24, 2.45) is 4.99 Å². The van der Waals surface area contributed by atoms with Gasteiger partial charge in [-0.05, 0) is 10.8 Å².